The summed E-state index contributed by atoms with van der Waals surface area (Å²) in [7, 11) is 0. The van der Waals surface area contributed by atoms with Gasteiger partial charge in [0.15, 0.2) is 0 Å². The third kappa shape index (κ3) is 5.44. The van der Waals surface area contributed by atoms with Crippen LogP contribution in [-0.2, 0) is 48.2 Å². The zero-order chi connectivity index (χ0) is 25.2. The molecule has 0 aliphatic heterocycles. The number of hydrogen-bond acceptors (Lipinski definition) is 6. The van der Waals surface area contributed by atoms with Crippen LogP contribution in [0.5, 0.6) is 0 Å². The molecule has 0 unspecified atom stereocenters. The molecule has 0 spiro atoms. The standard InChI is InChI=1S/C31H40N4O2/c1-31(2,19-36-34-27-15-7-11-23-17-21-9-3-5-13-25(21)32-29(23)27)20-37-35-28-16-8-12-24-18-22-10-4-6-14-26(22)33-30(24)28/h17-18H,3-16,19-20H2,1-2H3/b34-27+,35-28+. The second-order valence-corrected chi connectivity index (χ2v) is 12.1. The molecule has 6 nitrogen and oxygen atoms in total. The average Bonchev–Trinajstić information content (AvgIpc) is 2.91. The second kappa shape index (κ2) is 10.5. The van der Waals surface area contributed by atoms with E-state index in [0.29, 0.717) is 13.2 Å². The Bertz CT molecular complexity index is 1140. The normalized spacial score (nSPS) is 21.1. The summed E-state index contributed by atoms with van der Waals surface area (Å²) < 4.78 is 0. The first-order valence-corrected chi connectivity index (χ1v) is 14.5. The molecule has 4 aliphatic carbocycles. The molecule has 37 heavy (non-hydrogen) atoms. The van der Waals surface area contributed by atoms with Crippen molar-refractivity contribution in [1.29, 1.82) is 0 Å². The van der Waals surface area contributed by atoms with Gasteiger partial charge in [0.1, 0.15) is 24.6 Å². The summed E-state index contributed by atoms with van der Waals surface area (Å²) in [6.45, 7) is 5.23. The van der Waals surface area contributed by atoms with Crippen LogP contribution in [0.1, 0.15) is 110 Å². The Morgan fingerprint density at radius 1 is 0.595 bits per heavy atom. The van der Waals surface area contributed by atoms with Gasteiger partial charge in [-0.1, -0.05) is 36.3 Å². The maximum absolute atomic E-state index is 5.91. The molecular weight excluding hydrogens is 460 g/mol. The number of aromatic nitrogens is 2. The van der Waals surface area contributed by atoms with Crippen molar-refractivity contribution in [3.63, 3.8) is 0 Å². The third-order valence-corrected chi connectivity index (χ3v) is 8.29. The van der Waals surface area contributed by atoms with Crippen molar-refractivity contribution in [2.45, 2.75) is 104 Å². The first-order chi connectivity index (χ1) is 18.1. The summed E-state index contributed by atoms with van der Waals surface area (Å²) in [5.74, 6) is 0. The number of nitrogens with zero attached hydrogens (tertiary/aromatic N) is 4. The highest BCUT2D eigenvalue weighted by atomic mass is 16.6. The molecule has 6 rings (SSSR count). The van der Waals surface area contributed by atoms with E-state index < -0.39 is 0 Å². The van der Waals surface area contributed by atoms with Crippen LogP contribution < -0.4 is 0 Å². The topological polar surface area (TPSA) is 69.0 Å². The Morgan fingerprint density at radius 2 is 1.03 bits per heavy atom. The molecule has 0 atom stereocenters. The fourth-order valence-corrected chi connectivity index (χ4v) is 6.16. The monoisotopic (exact) mass is 500 g/mol. The van der Waals surface area contributed by atoms with E-state index in [2.05, 4.69) is 36.3 Å². The summed E-state index contributed by atoms with van der Waals surface area (Å²) in [4.78, 5) is 21.9. The molecule has 196 valence electrons. The van der Waals surface area contributed by atoms with Crippen LogP contribution in [0.3, 0.4) is 0 Å². The highest BCUT2D eigenvalue weighted by Crippen LogP contribution is 2.29. The van der Waals surface area contributed by atoms with E-state index in [9.17, 15) is 0 Å². The van der Waals surface area contributed by atoms with E-state index in [1.807, 2.05) is 0 Å². The van der Waals surface area contributed by atoms with Gasteiger partial charge in [0.2, 0.25) is 0 Å². The van der Waals surface area contributed by atoms with Crippen LogP contribution in [0.4, 0.5) is 0 Å². The number of aryl methyl sites for hydroxylation is 6. The van der Waals surface area contributed by atoms with E-state index in [4.69, 9.17) is 19.6 Å². The Labute approximate surface area is 220 Å². The molecule has 0 saturated carbocycles. The lowest BCUT2D eigenvalue weighted by Crippen LogP contribution is -2.25. The molecule has 0 radical (unpaired) electrons. The molecule has 0 bridgehead atoms. The molecule has 6 heteroatoms. The van der Waals surface area contributed by atoms with Crippen LogP contribution >= 0.6 is 0 Å². The fraction of sp³-hybridized carbons (Fsp3) is 0.613. The minimum Gasteiger partial charge on any atom is -0.395 e. The SMILES string of the molecule is CC(C)(CO/N=C1\CCCc2cc3c(nc21)CCCC3)CO/N=C1\CCCc2cc3c(nc21)CCCC3. The molecule has 0 saturated heterocycles. The van der Waals surface area contributed by atoms with E-state index in [-0.39, 0.29) is 5.41 Å². The summed E-state index contributed by atoms with van der Waals surface area (Å²) in [5, 5.41) is 9.16. The average molecular weight is 501 g/mol. The van der Waals surface area contributed by atoms with Crippen molar-refractivity contribution in [3.8, 4) is 0 Å². The molecule has 0 aromatic carbocycles. The lowest BCUT2D eigenvalue weighted by atomic mass is 9.88. The zero-order valence-electron chi connectivity index (χ0n) is 22.6. The second-order valence-electron chi connectivity index (χ2n) is 12.1. The largest absolute Gasteiger partial charge is 0.395 e. The van der Waals surface area contributed by atoms with E-state index >= 15 is 0 Å². The van der Waals surface area contributed by atoms with Crippen LogP contribution in [0.2, 0.25) is 0 Å². The van der Waals surface area contributed by atoms with Crippen molar-refractivity contribution >= 4 is 11.4 Å². The van der Waals surface area contributed by atoms with Crippen LogP contribution in [-0.4, -0.2) is 34.6 Å². The maximum atomic E-state index is 5.91. The Kier molecular flexibility index (Phi) is 7.00. The number of pyridine rings is 2. The van der Waals surface area contributed by atoms with Gasteiger partial charge in [0.25, 0.3) is 0 Å². The van der Waals surface area contributed by atoms with Crippen LogP contribution in [0.25, 0.3) is 0 Å². The van der Waals surface area contributed by atoms with Gasteiger partial charge in [-0.15, -0.1) is 0 Å². The summed E-state index contributed by atoms with van der Waals surface area (Å²) in [5.41, 5.74) is 12.0. The Morgan fingerprint density at radius 3 is 1.51 bits per heavy atom. The lowest BCUT2D eigenvalue weighted by molar-refractivity contribution is -0.000313. The highest BCUT2D eigenvalue weighted by Gasteiger charge is 2.25. The number of fused-ring (bicyclic) bond motifs is 4. The summed E-state index contributed by atoms with van der Waals surface area (Å²) in [6.07, 6.45) is 15.8. The first-order valence-electron chi connectivity index (χ1n) is 14.5. The van der Waals surface area contributed by atoms with Crippen LogP contribution in [0.15, 0.2) is 22.4 Å². The van der Waals surface area contributed by atoms with Gasteiger partial charge in [-0.05, 0) is 112 Å². The van der Waals surface area contributed by atoms with Gasteiger partial charge in [-0.3, -0.25) is 9.97 Å². The van der Waals surface area contributed by atoms with Gasteiger partial charge in [-0.25, -0.2) is 0 Å². The van der Waals surface area contributed by atoms with Gasteiger partial charge >= 0.3 is 0 Å². The van der Waals surface area contributed by atoms with Crippen molar-refractivity contribution in [3.05, 3.63) is 57.2 Å². The van der Waals surface area contributed by atoms with Crippen molar-refractivity contribution in [2.24, 2.45) is 15.7 Å². The maximum Gasteiger partial charge on any atom is 0.125 e. The molecule has 0 N–H and O–H groups in total. The van der Waals surface area contributed by atoms with Crippen molar-refractivity contribution < 1.29 is 9.68 Å². The number of rotatable bonds is 6. The number of oxime groups is 2. The molecule has 2 aromatic heterocycles. The predicted octanol–water partition coefficient (Wildman–Crippen LogP) is 6.07. The minimum atomic E-state index is -0.213. The Balaban J connectivity index is 1.08. The molecule has 2 heterocycles. The zero-order valence-corrected chi connectivity index (χ0v) is 22.6. The summed E-state index contributed by atoms with van der Waals surface area (Å²) in [6, 6.07) is 4.77. The molecule has 0 amide bonds. The number of hydrogen-bond donors (Lipinski definition) is 0. The van der Waals surface area contributed by atoms with Crippen molar-refractivity contribution in [1.82, 2.24) is 9.97 Å². The quantitative estimate of drug-likeness (QED) is 0.451. The lowest BCUT2D eigenvalue weighted by Gasteiger charge is -2.24. The van der Waals surface area contributed by atoms with E-state index in [1.165, 1.54) is 72.2 Å². The van der Waals surface area contributed by atoms with Crippen LogP contribution in [0, 0.1) is 5.41 Å². The van der Waals surface area contributed by atoms with Gasteiger partial charge in [0, 0.05) is 16.8 Å². The minimum absolute atomic E-state index is 0.213. The molecule has 4 aliphatic rings. The first kappa shape index (κ1) is 24.6. The van der Waals surface area contributed by atoms with E-state index in [1.54, 1.807) is 0 Å². The molecule has 0 fully saturated rings. The van der Waals surface area contributed by atoms with Crippen molar-refractivity contribution in [2.75, 3.05) is 13.2 Å². The summed E-state index contributed by atoms with van der Waals surface area (Å²) >= 11 is 0. The smallest absolute Gasteiger partial charge is 0.125 e. The molecule has 2 aromatic rings. The molecular formula is C31H40N4O2. The van der Waals surface area contributed by atoms with E-state index in [0.717, 1.165) is 74.2 Å². The highest BCUT2D eigenvalue weighted by molar-refractivity contribution is 6.01. The van der Waals surface area contributed by atoms with Gasteiger partial charge in [-0.2, -0.15) is 0 Å². The van der Waals surface area contributed by atoms with Gasteiger partial charge < -0.3 is 9.68 Å². The Hall–Kier alpha value is -2.76. The fourth-order valence-electron chi connectivity index (χ4n) is 6.16. The predicted molar refractivity (Wildman–Crippen MR) is 146 cm³/mol. The van der Waals surface area contributed by atoms with Gasteiger partial charge in [0.05, 0.1) is 11.4 Å². The third-order valence-electron chi connectivity index (χ3n) is 8.29.